The van der Waals surface area contributed by atoms with Crippen LogP contribution in [0.15, 0.2) is 254 Å². The minimum atomic E-state index is -4.01. The number of nitrogens with one attached hydrogen (secondary N) is 2. The molecule has 17 nitrogen and oxygen atoms in total. The van der Waals surface area contributed by atoms with E-state index in [1.165, 1.54) is 61.2 Å². The lowest BCUT2D eigenvalue weighted by Gasteiger charge is -2.20. The number of carbonyl (C=O) groups excluding carboxylic acids is 1. The monoisotopic (exact) mass is 1240 g/mol. The predicted octanol–water partition coefficient (Wildman–Crippen LogP) is 14.4. The van der Waals surface area contributed by atoms with Crippen molar-refractivity contribution in [1.29, 1.82) is 0 Å². The van der Waals surface area contributed by atoms with Crippen LogP contribution >= 0.6 is 23.2 Å². The van der Waals surface area contributed by atoms with Gasteiger partial charge in [0.05, 0.1) is 47.4 Å². The van der Waals surface area contributed by atoms with Gasteiger partial charge < -0.3 is 18.6 Å². The predicted molar refractivity (Wildman–Crippen MR) is 341 cm³/mol. The van der Waals surface area contributed by atoms with E-state index < -0.39 is 31.9 Å². The summed E-state index contributed by atoms with van der Waals surface area (Å²) in [4.78, 5) is 42.6. The zero-order valence-corrected chi connectivity index (χ0v) is 49.5. The average Bonchev–Trinajstić information content (AvgIpc) is 2.40. The molecule has 0 spiro atoms. The number of fused-ring (bicyclic) bond motifs is 2. The van der Waals surface area contributed by atoms with E-state index in [-0.39, 0.29) is 38.7 Å². The molecule has 0 fully saturated rings. The molecule has 2 atom stereocenters. The van der Waals surface area contributed by atoms with Crippen molar-refractivity contribution in [2.24, 2.45) is 0 Å². The fraction of sp³-hybridized carbons (Fsp3) is 0.0597. The molecule has 0 aliphatic rings. The van der Waals surface area contributed by atoms with E-state index in [4.69, 9.17) is 32.7 Å². The lowest BCUT2D eigenvalue weighted by atomic mass is 9.82. The number of rotatable bonds is 22. The smallest absolute Gasteiger partial charge is 0.261 e. The van der Waals surface area contributed by atoms with Crippen LogP contribution in [0.3, 0.4) is 0 Å². The second kappa shape index (κ2) is 25.7. The van der Waals surface area contributed by atoms with Crippen LogP contribution in [0.5, 0.6) is 23.3 Å². The topological polar surface area (TPSA) is 215 Å². The second-order valence-corrected chi connectivity index (χ2v) is 24.4. The number of carbonyl (C=O) groups is 1. The summed E-state index contributed by atoms with van der Waals surface area (Å²) in [5, 5.41) is 0.775. The summed E-state index contributed by atoms with van der Waals surface area (Å²) in [5.74, 6) is -0.602. The van der Waals surface area contributed by atoms with E-state index in [9.17, 15) is 16.8 Å². The maximum absolute atomic E-state index is 15.6. The average molecular weight is 1240 g/mol. The number of aromatic nitrogens is 8. The van der Waals surface area contributed by atoms with Gasteiger partial charge in [-0.2, -0.15) is 9.97 Å². The number of imidazole rings is 2. The number of hydrogen-bond acceptors (Lipinski definition) is 13. The van der Waals surface area contributed by atoms with Crippen molar-refractivity contribution < 1.29 is 31.1 Å². The first-order chi connectivity index (χ1) is 42.8. The molecular weight excluding hydrogens is 1190 g/mol. The number of sulfonamides is 2. The molecule has 88 heavy (non-hydrogen) atoms. The molecule has 0 saturated carbocycles. The zero-order valence-electron chi connectivity index (χ0n) is 46.3. The minimum absolute atomic E-state index is 0.0174. The summed E-state index contributed by atoms with van der Waals surface area (Å²) in [7, 11) is -8.02. The quantitative estimate of drug-likeness (QED) is 0.0647. The Morgan fingerprint density at radius 3 is 1.20 bits per heavy atom. The van der Waals surface area contributed by atoms with Crippen LogP contribution < -0.4 is 18.9 Å². The van der Waals surface area contributed by atoms with E-state index >= 15 is 4.79 Å². The summed E-state index contributed by atoms with van der Waals surface area (Å²) in [5.41, 5.74) is 7.48. The van der Waals surface area contributed by atoms with Crippen LogP contribution in [0.4, 0.5) is 11.4 Å². The van der Waals surface area contributed by atoms with Crippen molar-refractivity contribution in [3.8, 4) is 23.3 Å². The molecule has 4 heterocycles. The van der Waals surface area contributed by atoms with Gasteiger partial charge in [0.25, 0.3) is 31.8 Å². The Kier molecular flexibility index (Phi) is 17.0. The maximum atomic E-state index is 15.6. The van der Waals surface area contributed by atoms with Crippen molar-refractivity contribution in [3.63, 3.8) is 0 Å². The first-order valence-corrected chi connectivity index (χ1v) is 31.1. The number of ether oxygens (including phenoxy) is 2. The van der Waals surface area contributed by atoms with Gasteiger partial charge in [0.15, 0.2) is 28.1 Å². The molecule has 0 radical (unpaired) electrons. The van der Waals surface area contributed by atoms with Crippen molar-refractivity contribution in [2.45, 2.75) is 34.7 Å². The Labute approximate surface area is 516 Å². The molecular formula is C67H50Cl2N10O7S2. The van der Waals surface area contributed by atoms with Gasteiger partial charge in [-0.25, -0.2) is 36.8 Å². The van der Waals surface area contributed by atoms with E-state index in [1.807, 2.05) is 106 Å². The van der Waals surface area contributed by atoms with Crippen LogP contribution in [-0.2, 0) is 37.9 Å². The standard InChI is InChI=1S/C67H50Cl2N10O7S2/c68-51-21-33-57(34-22-51)87(81,82)76-53-25-17-49(18-26-53)59(37-15-45-11-29-55(30-12-45)85-66-61-64(70-41-72-66)78(43-74-61)39-47-7-3-1-4-8-47)63(80)60(50-19-27-54(28-20-50)77-88(83,84)58-35-23-52(69)24-36-58)38-16-46-13-31-56(32-14-46)86-67-62-65(71-42-73-67)79(44-75-62)40-48-9-5-2-6-10-48/h1-38,41-44,59-60,76-77H,39-40H2/b37-15+,38-16+. The molecule has 0 amide bonds. The minimum Gasteiger partial charge on any atom is -0.437 e. The van der Waals surface area contributed by atoms with Crippen LogP contribution in [-0.4, -0.2) is 61.7 Å². The van der Waals surface area contributed by atoms with Crippen LogP contribution in [0.1, 0.15) is 45.2 Å². The summed E-state index contributed by atoms with van der Waals surface area (Å²) in [6.07, 6.45) is 13.5. The molecule has 0 aliphatic heterocycles. The Balaban J connectivity index is 0.848. The third-order valence-electron chi connectivity index (χ3n) is 14.2. The largest absolute Gasteiger partial charge is 0.437 e. The van der Waals surface area contributed by atoms with Crippen molar-refractivity contribution in [1.82, 2.24) is 39.0 Å². The number of Topliss-reactive ketones (excluding diaryl/α,β-unsaturated/α-hetero) is 1. The molecule has 4 aromatic heterocycles. The third-order valence-corrected chi connectivity index (χ3v) is 17.5. The Morgan fingerprint density at radius 2 is 0.830 bits per heavy atom. The Hall–Kier alpha value is -10.3. The molecule has 21 heteroatoms. The fourth-order valence-corrected chi connectivity index (χ4v) is 12.1. The molecule has 436 valence electrons. The Morgan fingerprint density at radius 1 is 0.455 bits per heavy atom. The fourth-order valence-electron chi connectivity index (χ4n) is 9.70. The molecule has 0 bridgehead atoms. The summed E-state index contributed by atoms with van der Waals surface area (Å²) in [6, 6.07) is 59.2. The molecule has 8 aromatic carbocycles. The highest BCUT2D eigenvalue weighted by Crippen LogP contribution is 2.35. The normalized spacial score (nSPS) is 12.6. The van der Waals surface area contributed by atoms with Crippen LogP contribution in [0.25, 0.3) is 34.5 Å². The second-order valence-electron chi connectivity index (χ2n) is 20.2. The number of benzene rings is 8. The number of halogens is 2. The number of nitrogens with zero attached hydrogens (tertiary/aromatic N) is 8. The van der Waals surface area contributed by atoms with Gasteiger partial charge in [-0.15, -0.1) is 0 Å². The van der Waals surface area contributed by atoms with Gasteiger partial charge in [0.2, 0.25) is 0 Å². The maximum Gasteiger partial charge on any atom is 0.261 e. The molecule has 2 unspecified atom stereocenters. The highest BCUT2D eigenvalue weighted by molar-refractivity contribution is 7.93. The van der Waals surface area contributed by atoms with Crippen LogP contribution in [0, 0.1) is 0 Å². The van der Waals surface area contributed by atoms with Crippen LogP contribution in [0.2, 0.25) is 10.0 Å². The van der Waals surface area contributed by atoms with Crippen molar-refractivity contribution in [3.05, 3.63) is 287 Å². The zero-order chi connectivity index (χ0) is 60.6. The van der Waals surface area contributed by atoms with Crippen molar-refractivity contribution in [2.75, 3.05) is 9.44 Å². The van der Waals surface area contributed by atoms with E-state index in [2.05, 4.69) is 39.3 Å². The molecule has 12 aromatic rings. The number of hydrogen-bond donors (Lipinski definition) is 2. The summed E-state index contributed by atoms with van der Waals surface area (Å²) >= 11 is 12.1. The molecule has 2 N–H and O–H groups in total. The first kappa shape index (κ1) is 58.1. The lowest BCUT2D eigenvalue weighted by Crippen LogP contribution is -2.19. The molecule has 0 saturated heterocycles. The van der Waals surface area contributed by atoms with Gasteiger partial charge in [-0.3, -0.25) is 14.2 Å². The van der Waals surface area contributed by atoms with Gasteiger partial charge in [-0.05, 0) is 130 Å². The lowest BCUT2D eigenvalue weighted by molar-refractivity contribution is -0.120. The van der Waals surface area contributed by atoms with Crippen molar-refractivity contribution >= 4 is 94.9 Å². The van der Waals surface area contributed by atoms with E-state index in [0.717, 1.165) is 22.3 Å². The number of allylic oxidation sites excluding steroid dienone is 2. The van der Waals surface area contributed by atoms with E-state index in [1.54, 1.807) is 97.6 Å². The third kappa shape index (κ3) is 13.7. The SMILES string of the molecule is O=C(C(/C=C/c1ccc(Oc2ncnc3c2ncn3Cc2ccccc2)cc1)c1ccc(NS(=O)(=O)c2ccc(Cl)cc2)cc1)C(/C=C/c1ccc(Oc2ncnc3c2ncn3Cc2ccccc2)cc1)c1ccc(NS(=O)(=O)c2ccc(Cl)cc2)cc1. The highest BCUT2D eigenvalue weighted by atomic mass is 35.5. The molecule has 0 aliphatic carbocycles. The number of anilines is 2. The van der Waals surface area contributed by atoms with Gasteiger partial charge >= 0.3 is 0 Å². The first-order valence-electron chi connectivity index (χ1n) is 27.4. The highest BCUT2D eigenvalue weighted by Gasteiger charge is 2.28. The number of ketones is 1. The van der Waals surface area contributed by atoms with Gasteiger partial charge in [0, 0.05) is 21.4 Å². The molecule has 12 rings (SSSR count). The summed E-state index contributed by atoms with van der Waals surface area (Å²) in [6.45, 7) is 1.13. The van der Waals surface area contributed by atoms with E-state index in [0.29, 0.717) is 68.1 Å². The Bertz CT molecular complexity index is 4430. The summed E-state index contributed by atoms with van der Waals surface area (Å²) < 4.78 is 75.5. The van der Waals surface area contributed by atoms with Gasteiger partial charge in [0.1, 0.15) is 24.2 Å². The van der Waals surface area contributed by atoms with Gasteiger partial charge in [-0.1, -0.05) is 157 Å².